The number of hydrazone groups is 1. The standard InChI is InChI=1S/C26H37N5O4S2/c1-29-12-14-30(15-13-29)20-22-19-27-25(36-22)18-24(32)26(28-31-10-3-4-11-31)21-6-8-23(9-7-21)37(33,34)17-5-16-35-2/h6-9,19H,3-5,10-18,20H2,1-2H3/b28-26+. The summed E-state index contributed by atoms with van der Waals surface area (Å²) in [5.74, 6) is -0.0861. The van der Waals surface area contributed by atoms with Crippen molar-refractivity contribution < 1.29 is 17.9 Å². The zero-order chi connectivity index (χ0) is 26.3. The molecule has 0 bridgehead atoms. The number of methoxy groups -OCH3 is 1. The number of rotatable bonds is 12. The molecule has 2 fully saturated rings. The lowest BCUT2D eigenvalue weighted by Gasteiger charge is -2.31. The lowest BCUT2D eigenvalue weighted by molar-refractivity contribution is -0.112. The first kappa shape index (κ1) is 27.8. The zero-order valence-corrected chi connectivity index (χ0v) is 23.4. The monoisotopic (exact) mass is 547 g/mol. The molecule has 3 heterocycles. The fourth-order valence-corrected chi connectivity index (χ4v) is 6.75. The van der Waals surface area contributed by atoms with Gasteiger partial charge in [0.05, 0.1) is 17.1 Å². The Morgan fingerprint density at radius 1 is 1.08 bits per heavy atom. The number of hydrogen-bond acceptors (Lipinski definition) is 10. The molecule has 1 aromatic carbocycles. The molecular weight excluding hydrogens is 510 g/mol. The van der Waals surface area contributed by atoms with Crippen LogP contribution in [0.1, 0.15) is 34.7 Å². The number of carbonyl (C=O) groups is 1. The molecule has 0 aliphatic carbocycles. The molecule has 2 aliphatic heterocycles. The number of Topliss-reactive ketones (excluding diaryl/α,β-unsaturated/α-hetero) is 1. The number of likely N-dealkylation sites (N-methyl/N-ethyl adjacent to an activating group) is 1. The van der Waals surface area contributed by atoms with Gasteiger partial charge in [0.25, 0.3) is 0 Å². The number of ketones is 1. The van der Waals surface area contributed by atoms with Crippen LogP contribution >= 0.6 is 11.3 Å². The quantitative estimate of drug-likeness (QED) is 0.295. The average molecular weight is 548 g/mol. The van der Waals surface area contributed by atoms with Crippen LogP contribution in [-0.4, -0.2) is 105 Å². The second kappa shape index (κ2) is 13.1. The maximum absolute atomic E-state index is 13.5. The van der Waals surface area contributed by atoms with E-state index in [0.29, 0.717) is 24.3 Å². The van der Waals surface area contributed by atoms with Gasteiger partial charge in [-0.15, -0.1) is 11.3 Å². The van der Waals surface area contributed by atoms with Crippen LogP contribution in [0.5, 0.6) is 0 Å². The summed E-state index contributed by atoms with van der Waals surface area (Å²) in [5.41, 5.74) is 0.989. The van der Waals surface area contributed by atoms with Crippen molar-refractivity contribution >= 4 is 32.7 Å². The Kier molecular flexibility index (Phi) is 9.83. The predicted octanol–water partition coefficient (Wildman–Crippen LogP) is 2.31. The Labute approximate surface area is 224 Å². The number of hydrogen-bond donors (Lipinski definition) is 0. The fourth-order valence-electron chi connectivity index (χ4n) is 4.50. The molecule has 0 spiro atoms. The van der Waals surface area contributed by atoms with Crippen molar-refractivity contribution in [2.75, 3.05) is 65.8 Å². The summed E-state index contributed by atoms with van der Waals surface area (Å²) in [5, 5.41) is 7.41. The van der Waals surface area contributed by atoms with Crippen LogP contribution in [0, 0.1) is 0 Å². The normalized spacial score (nSPS) is 18.0. The van der Waals surface area contributed by atoms with Gasteiger partial charge in [-0.05, 0) is 38.4 Å². The van der Waals surface area contributed by atoms with E-state index in [1.165, 1.54) is 0 Å². The van der Waals surface area contributed by atoms with Gasteiger partial charge in [-0.25, -0.2) is 13.4 Å². The Balaban J connectivity index is 1.46. The molecule has 37 heavy (non-hydrogen) atoms. The first-order chi connectivity index (χ1) is 17.8. The van der Waals surface area contributed by atoms with Crippen LogP contribution in [-0.2, 0) is 32.3 Å². The largest absolute Gasteiger partial charge is 0.385 e. The molecule has 0 radical (unpaired) electrons. The van der Waals surface area contributed by atoms with Crippen LogP contribution in [0.2, 0.25) is 0 Å². The smallest absolute Gasteiger partial charge is 0.190 e. The van der Waals surface area contributed by atoms with E-state index in [2.05, 4.69) is 21.8 Å². The SMILES string of the molecule is COCCCS(=O)(=O)c1ccc(/C(=N\N2CCCC2)C(=O)Cc2ncc(CN3CCN(C)CC3)s2)cc1. The number of thiazole rings is 1. The molecule has 0 atom stereocenters. The summed E-state index contributed by atoms with van der Waals surface area (Å²) in [7, 11) is 0.290. The molecular formula is C26H37N5O4S2. The topological polar surface area (TPSA) is 95.4 Å². The van der Waals surface area contributed by atoms with Crippen molar-refractivity contribution in [3.05, 3.63) is 45.9 Å². The molecule has 1 aromatic heterocycles. The van der Waals surface area contributed by atoms with Gasteiger partial charge in [0, 0.05) is 76.2 Å². The minimum atomic E-state index is -3.41. The third kappa shape index (κ3) is 7.90. The van der Waals surface area contributed by atoms with Crippen LogP contribution in [0.25, 0.3) is 0 Å². The summed E-state index contributed by atoms with van der Waals surface area (Å²) in [6.45, 7) is 7.08. The molecule has 2 aliphatic rings. The van der Waals surface area contributed by atoms with Crippen molar-refractivity contribution in [2.24, 2.45) is 5.10 Å². The van der Waals surface area contributed by atoms with Gasteiger partial charge in [-0.2, -0.15) is 5.10 Å². The first-order valence-corrected chi connectivity index (χ1v) is 15.3. The minimum absolute atomic E-state index is 0.0222. The summed E-state index contributed by atoms with van der Waals surface area (Å²) in [6, 6.07) is 6.52. The average Bonchev–Trinajstić information content (AvgIpc) is 3.56. The van der Waals surface area contributed by atoms with E-state index in [4.69, 9.17) is 9.84 Å². The van der Waals surface area contributed by atoms with Gasteiger partial charge in [0.1, 0.15) is 10.7 Å². The van der Waals surface area contributed by atoms with Crippen molar-refractivity contribution in [3.8, 4) is 0 Å². The molecule has 2 aromatic rings. The second-order valence-electron chi connectivity index (χ2n) is 9.70. The van der Waals surface area contributed by atoms with Crippen molar-refractivity contribution in [2.45, 2.75) is 37.1 Å². The van der Waals surface area contributed by atoms with Gasteiger partial charge in [-0.3, -0.25) is 14.7 Å². The van der Waals surface area contributed by atoms with E-state index in [-0.39, 0.29) is 22.9 Å². The second-order valence-corrected chi connectivity index (χ2v) is 13.0. The molecule has 0 N–H and O–H groups in total. The van der Waals surface area contributed by atoms with Crippen molar-refractivity contribution in [3.63, 3.8) is 0 Å². The Morgan fingerprint density at radius 2 is 1.78 bits per heavy atom. The lowest BCUT2D eigenvalue weighted by Crippen LogP contribution is -2.43. The third-order valence-electron chi connectivity index (χ3n) is 6.72. The van der Waals surface area contributed by atoms with E-state index in [9.17, 15) is 13.2 Å². The maximum Gasteiger partial charge on any atom is 0.190 e. The molecule has 202 valence electrons. The van der Waals surface area contributed by atoms with E-state index >= 15 is 0 Å². The van der Waals surface area contributed by atoms with Crippen molar-refractivity contribution in [1.82, 2.24) is 19.8 Å². The zero-order valence-electron chi connectivity index (χ0n) is 21.8. The van der Waals surface area contributed by atoms with Gasteiger partial charge >= 0.3 is 0 Å². The number of nitrogens with zero attached hydrogens (tertiary/aromatic N) is 5. The van der Waals surface area contributed by atoms with Gasteiger partial charge in [-0.1, -0.05) is 12.1 Å². The van der Waals surface area contributed by atoms with E-state index in [1.54, 1.807) is 42.7 Å². The maximum atomic E-state index is 13.5. The number of aromatic nitrogens is 1. The highest BCUT2D eigenvalue weighted by Crippen LogP contribution is 2.20. The van der Waals surface area contributed by atoms with Crippen LogP contribution in [0.4, 0.5) is 0 Å². The Hall–Kier alpha value is -2.18. The molecule has 0 saturated carbocycles. The molecule has 9 nitrogen and oxygen atoms in total. The van der Waals surface area contributed by atoms with Crippen LogP contribution in [0.3, 0.4) is 0 Å². The third-order valence-corrected chi connectivity index (χ3v) is 9.52. The fraction of sp³-hybridized carbons (Fsp3) is 0.577. The molecule has 11 heteroatoms. The molecule has 0 unspecified atom stereocenters. The number of benzene rings is 1. The Morgan fingerprint density at radius 3 is 2.46 bits per heavy atom. The van der Waals surface area contributed by atoms with Crippen LogP contribution in [0.15, 0.2) is 40.5 Å². The predicted molar refractivity (Wildman–Crippen MR) is 146 cm³/mol. The van der Waals surface area contributed by atoms with Crippen molar-refractivity contribution in [1.29, 1.82) is 0 Å². The highest BCUT2D eigenvalue weighted by atomic mass is 32.2. The van der Waals surface area contributed by atoms with Gasteiger partial charge in [0.2, 0.25) is 0 Å². The minimum Gasteiger partial charge on any atom is -0.385 e. The number of ether oxygens (including phenoxy) is 1. The number of piperazine rings is 1. The Bertz CT molecular complexity index is 1170. The van der Waals surface area contributed by atoms with Gasteiger partial charge in [0.15, 0.2) is 15.6 Å². The summed E-state index contributed by atoms with van der Waals surface area (Å²) >= 11 is 1.58. The summed E-state index contributed by atoms with van der Waals surface area (Å²) in [4.78, 5) is 24.1. The lowest BCUT2D eigenvalue weighted by atomic mass is 10.0. The highest BCUT2D eigenvalue weighted by Gasteiger charge is 2.22. The summed E-state index contributed by atoms with van der Waals surface area (Å²) in [6.07, 6.45) is 4.59. The molecule has 2 saturated heterocycles. The number of carbonyl (C=O) groups excluding carboxylic acids is 1. The molecule has 4 rings (SSSR count). The van der Waals surface area contributed by atoms with E-state index < -0.39 is 9.84 Å². The van der Waals surface area contributed by atoms with E-state index in [0.717, 1.165) is 68.5 Å². The summed E-state index contributed by atoms with van der Waals surface area (Å²) < 4.78 is 30.2. The molecule has 0 amide bonds. The number of sulfone groups is 1. The van der Waals surface area contributed by atoms with Gasteiger partial charge < -0.3 is 9.64 Å². The first-order valence-electron chi connectivity index (χ1n) is 12.9. The highest BCUT2D eigenvalue weighted by molar-refractivity contribution is 7.91. The van der Waals surface area contributed by atoms with E-state index in [1.807, 2.05) is 11.2 Å². The van der Waals surface area contributed by atoms with Crippen LogP contribution < -0.4 is 0 Å².